The first-order chi connectivity index (χ1) is 9.86. The van der Waals surface area contributed by atoms with Gasteiger partial charge in [-0.05, 0) is 31.1 Å². The van der Waals surface area contributed by atoms with Crippen LogP contribution >= 0.6 is 0 Å². The molecule has 0 amide bonds. The molecule has 4 nitrogen and oxygen atoms in total. The van der Waals surface area contributed by atoms with Crippen molar-refractivity contribution >= 4 is 11.6 Å². The van der Waals surface area contributed by atoms with Gasteiger partial charge in [0.25, 0.3) is 0 Å². The SMILES string of the molecule is CCCNc1cncc(N2CCC3CCCCC3C2)n1. The highest BCUT2D eigenvalue weighted by Crippen LogP contribution is 2.37. The molecule has 2 fully saturated rings. The van der Waals surface area contributed by atoms with Gasteiger partial charge < -0.3 is 10.2 Å². The average molecular weight is 274 g/mol. The van der Waals surface area contributed by atoms with Gasteiger partial charge in [0.15, 0.2) is 0 Å². The Labute approximate surface area is 122 Å². The van der Waals surface area contributed by atoms with Gasteiger partial charge in [0.2, 0.25) is 0 Å². The van der Waals surface area contributed by atoms with Gasteiger partial charge in [-0.15, -0.1) is 0 Å². The summed E-state index contributed by atoms with van der Waals surface area (Å²) in [7, 11) is 0. The second-order valence-electron chi connectivity index (χ2n) is 6.23. The molecule has 4 heteroatoms. The van der Waals surface area contributed by atoms with E-state index in [4.69, 9.17) is 4.98 Å². The average Bonchev–Trinajstić information content (AvgIpc) is 2.53. The predicted molar refractivity (Wildman–Crippen MR) is 83.1 cm³/mol. The molecular weight excluding hydrogens is 248 g/mol. The minimum atomic E-state index is 0.881. The number of fused-ring (bicyclic) bond motifs is 1. The van der Waals surface area contributed by atoms with Crippen LogP contribution in [0.15, 0.2) is 12.4 Å². The molecule has 1 N–H and O–H groups in total. The highest BCUT2D eigenvalue weighted by molar-refractivity contribution is 5.44. The van der Waals surface area contributed by atoms with Crippen molar-refractivity contribution in [1.29, 1.82) is 0 Å². The van der Waals surface area contributed by atoms with Crippen LogP contribution in [0.4, 0.5) is 11.6 Å². The number of aromatic nitrogens is 2. The van der Waals surface area contributed by atoms with Crippen molar-refractivity contribution in [3.05, 3.63) is 12.4 Å². The third-order valence-electron chi connectivity index (χ3n) is 4.79. The maximum absolute atomic E-state index is 4.72. The Morgan fingerprint density at radius 3 is 2.90 bits per heavy atom. The molecule has 2 heterocycles. The first-order valence-electron chi connectivity index (χ1n) is 8.17. The molecule has 1 saturated carbocycles. The van der Waals surface area contributed by atoms with Crippen molar-refractivity contribution in [3.8, 4) is 0 Å². The molecule has 1 saturated heterocycles. The third kappa shape index (κ3) is 3.05. The highest BCUT2D eigenvalue weighted by atomic mass is 15.2. The largest absolute Gasteiger partial charge is 0.369 e. The van der Waals surface area contributed by atoms with E-state index >= 15 is 0 Å². The molecular formula is C16H26N4. The van der Waals surface area contributed by atoms with E-state index in [2.05, 4.69) is 22.1 Å². The van der Waals surface area contributed by atoms with Crippen LogP contribution in [-0.2, 0) is 0 Å². The molecule has 110 valence electrons. The molecule has 1 aromatic rings. The van der Waals surface area contributed by atoms with E-state index in [0.29, 0.717) is 0 Å². The zero-order valence-corrected chi connectivity index (χ0v) is 12.5. The normalized spacial score (nSPS) is 26.1. The molecule has 1 aromatic heterocycles. The van der Waals surface area contributed by atoms with E-state index in [1.54, 1.807) is 0 Å². The van der Waals surface area contributed by atoms with Crippen molar-refractivity contribution in [3.63, 3.8) is 0 Å². The van der Waals surface area contributed by atoms with E-state index in [1.807, 2.05) is 12.4 Å². The number of anilines is 2. The van der Waals surface area contributed by atoms with E-state index in [-0.39, 0.29) is 0 Å². The first-order valence-corrected chi connectivity index (χ1v) is 8.17. The fourth-order valence-corrected chi connectivity index (χ4v) is 3.66. The van der Waals surface area contributed by atoms with E-state index < -0.39 is 0 Å². The summed E-state index contributed by atoms with van der Waals surface area (Å²) >= 11 is 0. The van der Waals surface area contributed by atoms with Crippen LogP contribution in [0.2, 0.25) is 0 Å². The Hall–Kier alpha value is -1.32. The zero-order chi connectivity index (χ0) is 13.8. The second kappa shape index (κ2) is 6.42. The number of nitrogens with zero attached hydrogens (tertiary/aromatic N) is 3. The minimum Gasteiger partial charge on any atom is -0.369 e. The molecule has 0 bridgehead atoms. The Morgan fingerprint density at radius 2 is 2.05 bits per heavy atom. The number of hydrogen-bond donors (Lipinski definition) is 1. The predicted octanol–water partition coefficient (Wildman–Crippen LogP) is 3.32. The second-order valence-corrected chi connectivity index (χ2v) is 6.23. The molecule has 20 heavy (non-hydrogen) atoms. The van der Waals surface area contributed by atoms with Crippen LogP contribution in [0.5, 0.6) is 0 Å². The quantitative estimate of drug-likeness (QED) is 0.914. The maximum Gasteiger partial charge on any atom is 0.149 e. The standard InChI is InChI=1S/C16H26N4/c1-2-8-18-15-10-17-11-16(19-15)20-9-7-13-5-3-4-6-14(13)12-20/h10-11,13-14H,2-9,12H2,1H3,(H,18,19). The maximum atomic E-state index is 4.72. The van der Waals surface area contributed by atoms with Crippen molar-refractivity contribution in [2.75, 3.05) is 29.9 Å². The lowest BCUT2D eigenvalue weighted by Gasteiger charge is -2.41. The summed E-state index contributed by atoms with van der Waals surface area (Å²) in [4.78, 5) is 11.5. The lowest BCUT2D eigenvalue weighted by Crippen LogP contribution is -2.42. The van der Waals surface area contributed by atoms with Gasteiger partial charge in [-0.1, -0.05) is 26.2 Å². The fourth-order valence-electron chi connectivity index (χ4n) is 3.66. The van der Waals surface area contributed by atoms with Gasteiger partial charge in [-0.25, -0.2) is 4.98 Å². The Balaban J connectivity index is 1.66. The van der Waals surface area contributed by atoms with Crippen LogP contribution in [-0.4, -0.2) is 29.6 Å². The Bertz CT molecular complexity index is 434. The topological polar surface area (TPSA) is 41.1 Å². The number of hydrogen-bond acceptors (Lipinski definition) is 4. The van der Waals surface area contributed by atoms with Crippen LogP contribution in [0.25, 0.3) is 0 Å². The van der Waals surface area contributed by atoms with Crippen molar-refractivity contribution in [1.82, 2.24) is 9.97 Å². The molecule has 0 spiro atoms. The summed E-state index contributed by atoms with van der Waals surface area (Å²) in [6.07, 6.45) is 11.9. The molecule has 0 radical (unpaired) electrons. The van der Waals surface area contributed by atoms with Crippen molar-refractivity contribution in [2.24, 2.45) is 11.8 Å². The van der Waals surface area contributed by atoms with Crippen LogP contribution in [0.1, 0.15) is 45.4 Å². The smallest absolute Gasteiger partial charge is 0.149 e. The van der Waals surface area contributed by atoms with Crippen molar-refractivity contribution < 1.29 is 0 Å². The first kappa shape index (κ1) is 13.7. The number of nitrogens with one attached hydrogen (secondary N) is 1. The van der Waals surface area contributed by atoms with Gasteiger partial charge in [-0.2, -0.15) is 0 Å². The molecule has 3 rings (SSSR count). The van der Waals surface area contributed by atoms with Gasteiger partial charge in [-0.3, -0.25) is 4.98 Å². The zero-order valence-electron chi connectivity index (χ0n) is 12.5. The lowest BCUT2D eigenvalue weighted by atomic mass is 9.75. The third-order valence-corrected chi connectivity index (χ3v) is 4.79. The molecule has 2 aliphatic rings. The minimum absolute atomic E-state index is 0.881. The monoisotopic (exact) mass is 274 g/mol. The van der Waals surface area contributed by atoms with Crippen LogP contribution < -0.4 is 10.2 Å². The Morgan fingerprint density at radius 1 is 1.20 bits per heavy atom. The molecule has 1 aliphatic heterocycles. The van der Waals surface area contributed by atoms with E-state index in [0.717, 1.165) is 43.0 Å². The summed E-state index contributed by atoms with van der Waals surface area (Å²) in [5.41, 5.74) is 0. The fraction of sp³-hybridized carbons (Fsp3) is 0.750. The lowest BCUT2D eigenvalue weighted by molar-refractivity contribution is 0.202. The summed E-state index contributed by atoms with van der Waals surface area (Å²) < 4.78 is 0. The van der Waals surface area contributed by atoms with Crippen LogP contribution in [0, 0.1) is 11.8 Å². The van der Waals surface area contributed by atoms with Crippen molar-refractivity contribution in [2.45, 2.75) is 45.4 Å². The highest BCUT2D eigenvalue weighted by Gasteiger charge is 2.31. The van der Waals surface area contributed by atoms with Gasteiger partial charge in [0.1, 0.15) is 11.6 Å². The molecule has 2 atom stereocenters. The van der Waals surface area contributed by atoms with Gasteiger partial charge in [0, 0.05) is 19.6 Å². The van der Waals surface area contributed by atoms with Gasteiger partial charge >= 0.3 is 0 Å². The molecule has 2 unspecified atom stereocenters. The molecule has 1 aliphatic carbocycles. The van der Waals surface area contributed by atoms with E-state index in [1.165, 1.54) is 38.6 Å². The molecule has 0 aromatic carbocycles. The number of rotatable bonds is 4. The van der Waals surface area contributed by atoms with E-state index in [9.17, 15) is 0 Å². The summed E-state index contributed by atoms with van der Waals surface area (Å²) in [5, 5.41) is 3.33. The summed E-state index contributed by atoms with van der Waals surface area (Å²) in [5.74, 6) is 3.81. The van der Waals surface area contributed by atoms with Crippen LogP contribution in [0.3, 0.4) is 0 Å². The number of piperidine rings is 1. The Kier molecular flexibility index (Phi) is 4.38. The summed E-state index contributed by atoms with van der Waals surface area (Å²) in [6.45, 7) is 5.45. The van der Waals surface area contributed by atoms with Gasteiger partial charge in [0.05, 0.1) is 12.4 Å². The summed E-state index contributed by atoms with van der Waals surface area (Å²) in [6, 6.07) is 0.